The Labute approximate surface area is 157 Å². The van der Waals surface area contributed by atoms with E-state index in [9.17, 15) is 14.4 Å². The first-order valence-corrected chi connectivity index (χ1v) is 9.08. The monoisotopic (exact) mass is 365 g/mol. The van der Waals surface area contributed by atoms with Crippen molar-refractivity contribution in [3.05, 3.63) is 74.4 Å². The van der Waals surface area contributed by atoms with Crippen molar-refractivity contribution < 1.29 is 4.79 Å². The molecule has 0 radical (unpaired) electrons. The van der Waals surface area contributed by atoms with Crippen LogP contribution in [-0.2, 0) is 24.3 Å². The number of hydrogen-bond donors (Lipinski definition) is 1. The largest absolute Gasteiger partial charge is 0.331 e. The van der Waals surface area contributed by atoms with Gasteiger partial charge in [0.25, 0.3) is 5.56 Å². The van der Waals surface area contributed by atoms with Gasteiger partial charge in [-0.3, -0.25) is 18.7 Å². The van der Waals surface area contributed by atoms with Gasteiger partial charge in [-0.05, 0) is 43.5 Å². The third-order valence-electron chi connectivity index (χ3n) is 4.75. The van der Waals surface area contributed by atoms with Crippen LogP contribution in [0, 0.1) is 6.92 Å². The third kappa shape index (κ3) is 3.43. The Morgan fingerprint density at radius 3 is 2.44 bits per heavy atom. The van der Waals surface area contributed by atoms with Gasteiger partial charge in [-0.2, -0.15) is 0 Å². The summed E-state index contributed by atoms with van der Waals surface area (Å²) in [4.78, 5) is 38.0. The van der Waals surface area contributed by atoms with Crippen LogP contribution in [0.25, 0.3) is 10.9 Å². The zero-order valence-corrected chi connectivity index (χ0v) is 15.8. The molecular formula is C21H23N3O3. The van der Waals surface area contributed by atoms with Crippen molar-refractivity contribution in [3.8, 4) is 0 Å². The van der Waals surface area contributed by atoms with Gasteiger partial charge in [0.15, 0.2) is 0 Å². The van der Waals surface area contributed by atoms with Crippen molar-refractivity contribution in [3.63, 3.8) is 0 Å². The van der Waals surface area contributed by atoms with Crippen LogP contribution in [0.1, 0.15) is 25.0 Å². The topological polar surface area (TPSA) is 73.1 Å². The molecule has 0 fully saturated rings. The number of nitrogens with zero attached hydrogens (tertiary/aromatic N) is 2. The number of benzene rings is 2. The van der Waals surface area contributed by atoms with Gasteiger partial charge >= 0.3 is 5.69 Å². The lowest BCUT2D eigenvalue weighted by Crippen LogP contribution is -2.41. The Balaban J connectivity index is 2.04. The summed E-state index contributed by atoms with van der Waals surface area (Å²) in [6, 6.07) is 12.7. The van der Waals surface area contributed by atoms with Crippen molar-refractivity contribution >= 4 is 22.5 Å². The molecule has 0 bridgehead atoms. The standard InChI is InChI=1S/C21H23N3O3/c1-4-15-10-8-9-14(3)19(15)22-18(25)13-24-17-12-7-6-11-16(17)20(26)23(5-2)21(24)27/h6-12H,4-5,13H2,1-3H3,(H,22,25). The van der Waals surface area contributed by atoms with Crippen molar-refractivity contribution in [2.24, 2.45) is 0 Å². The SMILES string of the molecule is CCc1cccc(C)c1NC(=O)Cn1c(=O)n(CC)c(=O)c2ccccc21. The molecule has 1 amide bonds. The van der Waals surface area contributed by atoms with E-state index in [0.29, 0.717) is 10.9 Å². The first-order valence-electron chi connectivity index (χ1n) is 9.08. The highest BCUT2D eigenvalue weighted by atomic mass is 16.2. The number of fused-ring (bicyclic) bond motifs is 1. The maximum atomic E-state index is 12.8. The minimum Gasteiger partial charge on any atom is -0.324 e. The second-order valence-corrected chi connectivity index (χ2v) is 6.45. The molecule has 0 saturated heterocycles. The Hall–Kier alpha value is -3.15. The number of carbonyl (C=O) groups excluding carboxylic acids is 1. The predicted molar refractivity (Wildman–Crippen MR) is 107 cm³/mol. The molecule has 6 nitrogen and oxygen atoms in total. The molecule has 0 aliphatic heterocycles. The number of nitrogens with one attached hydrogen (secondary N) is 1. The summed E-state index contributed by atoms with van der Waals surface area (Å²) >= 11 is 0. The number of anilines is 1. The number of aromatic nitrogens is 2. The summed E-state index contributed by atoms with van der Waals surface area (Å²) in [6.07, 6.45) is 0.793. The van der Waals surface area contributed by atoms with Gasteiger partial charge in [0.2, 0.25) is 5.91 Å². The average Bonchev–Trinajstić information content (AvgIpc) is 2.67. The van der Waals surface area contributed by atoms with Gasteiger partial charge in [-0.1, -0.05) is 37.3 Å². The van der Waals surface area contributed by atoms with Gasteiger partial charge in [-0.15, -0.1) is 0 Å². The molecule has 2 aromatic carbocycles. The number of aryl methyl sites for hydroxylation is 2. The van der Waals surface area contributed by atoms with Crippen LogP contribution in [0.15, 0.2) is 52.1 Å². The molecular weight excluding hydrogens is 342 g/mol. The molecule has 6 heteroatoms. The fraction of sp³-hybridized carbons (Fsp3) is 0.286. The number of hydrogen-bond acceptors (Lipinski definition) is 3. The average molecular weight is 365 g/mol. The molecule has 0 unspecified atom stereocenters. The lowest BCUT2D eigenvalue weighted by Gasteiger charge is -2.15. The Morgan fingerprint density at radius 1 is 1.00 bits per heavy atom. The summed E-state index contributed by atoms with van der Waals surface area (Å²) < 4.78 is 2.51. The van der Waals surface area contributed by atoms with Crippen LogP contribution in [0.5, 0.6) is 0 Å². The van der Waals surface area contributed by atoms with Gasteiger partial charge in [0.05, 0.1) is 10.9 Å². The summed E-state index contributed by atoms with van der Waals surface area (Å²) in [6.45, 7) is 5.80. The maximum Gasteiger partial charge on any atom is 0.331 e. The summed E-state index contributed by atoms with van der Waals surface area (Å²) in [5.74, 6) is -0.299. The molecule has 1 N–H and O–H groups in total. The molecule has 0 aliphatic carbocycles. The van der Waals surface area contributed by atoms with Crippen LogP contribution in [-0.4, -0.2) is 15.0 Å². The van der Waals surface area contributed by atoms with Gasteiger partial charge in [0.1, 0.15) is 6.54 Å². The van der Waals surface area contributed by atoms with Gasteiger partial charge < -0.3 is 5.32 Å². The number of rotatable bonds is 5. The van der Waals surface area contributed by atoms with E-state index in [1.54, 1.807) is 31.2 Å². The molecule has 1 heterocycles. The van der Waals surface area contributed by atoms with Crippen molar-refractivity contribution in [2.75, 3.05) is 5.32 Å². The first kappa shape index (κ1) is 18.6. The Morgan fingerprint density at radius 2 is 1.74 bits per heavy atom. The van der Waals surface area contributed by atoms with E-state index < -0.39 is 5.69 Å². The minimum absolute atomic E-state index is 0.156. The molecule has 3 rings (SSSR count). The molecule has 3 aromatic rings. The van der Waals surface area contributed by atoms with Crippen LogP contribution < -0.4 is 16.6 Å². The number of para-hydroxylation sites is 2. The highest BCUT2D eigenvalue weighted by molar-refractivity contribution is 5.93. The Kier molecular flexibility index (Phi) is 5.26. The van der Waals surface area contributed by atoms with Crippen LogP contribution in [0.3, 0.4) is 0 Å². The quantitative estimate of drug-likeness (QED) is 0.755. The van der Waals surface area contributed by atoms with E-state index in [0.717, 1.165) is 27.8 Å². The van der Waals surface area contributed by atoms with E-state index in [2.05, 4.69) is 5.32 Å². The molecule has 27 heavy (non-hydrogen) atoms. The number of carbonyl (C=O) groups is 1. The summed E-state index contributed by atoms with van der Waals surface area (Å²) in [7, 11) is 0. The van der Waals surface area contributed by atoms with E-state index in [-0.39, 0.29) is 24.6 Å². The molecule has 1 aromatic heterocycles. The fourth-order valence-corrected chi connectivity index (χ4v) is 3.33. The molecule has 0 atom stereocenters. The van der Waals surface area contributed by atoms with Gasteiger partial charge in [0, 0.05) is 12.2 Å². The van der Waals surface area contributed by atoms with E-state index in [4.69, 9.17) is 0 Å². The highest BCUT2D eigenvalue weighted by Gasteiger charge is 2.15. The summed E-state index contributed by atoms with van der Waals surface area (Å²) in [5, 5.41) is 3.36. The summed E-state index contributed by atoms with van der Waals surface area (Å²) in [5.41, 5.74) is 2.45. The van der Waals surface area contributed by atoms with Crippen molar-refractivity contribution in [1.29, 1.82) is 0 Å². The van der Waals surface area contributed by atoms with Gasteiger partial charge in [-0.25, -0.2) is 4.79 Å². The lowest BCUT2D eigenvalue weighted by atomic mass is 10.1. The second-order valence-electron chi connectivity index (χ2n) is 6.45. The minimum atomic E-state index is -0.475. The molecule has 0 spiro atoms. The maximum absolute atomic E-state index is 12.8. The second kappa shape index (κ2) is 7.61. The van der Waals surface area contributed by atoms with E-state index in [1.165, 1.54) is 4.57 Å². The van der Waals surface area contributed by atoms with E-state index >= 15 is 0 Å². The zero-order chi connectivity index (χ0) is 19.6. The smallest absolute Gasteiger partial charge is 0.324 e. The Bertz CT molecular complexity index is 1130. The fourth-order valence-electron chi connectivity index (χ4n) is 3.33. The zero-order valence-electron chi connectivity index (χ0n) is 15.8. The van der Waals surface area contributed by atoms with Crippen molar-refractivity contribution in [1.82, 2.24) is 9.13 Å². The lowest BCUT2D eigenvalue weighted by molar-refractivity contribution is -0.116. The van der Waals surface area contributed by atoms with Crippen molar-refractivity contribution in [2.45, 2.75) is 40.3 Å². The molecule has 0 aliphatic rings. The predicted octanol–water partition coefficient (Wildman–Crippen LogP) is 2.69. The molecule has 140 valence electrons. The normalized spacial score (nSPS) is 10.9. The molecule has 0 saturated carbocycles. The van der Waals surface area contributed by atoms with E-state index in [1.807, 2.05) is 32.0 Å². The first-order chi connectivity index (χ1) is 13.0. The van der Waals surface area contributed by atoms with Crippen LogP contribution in [0.2, 0.25) is 0 Å². The third-order valence-corrected chi connectivity index (χ3v) is 4.75. The van der Waals surface area contributed by atoms with Crippen LogP contribution in [0.4, 0.5) is 5.69 Å². The number of amides is 1. The highest BCUT2D eigenvalue weighted by Crippen LogP contribution is 2.21. The van der Waals surface area contributed by atoms with Crippen LogP contribution >= 0.6 is 0 Å².